The zero-order chi connectivity index (χ0) is 30.5. The minimum Gasteiger partial charge on any atom is -0.508 e. The number of carbonyl (C=O) groups is 3. The van der Waals surface area contributed by atoms with Crippen molar-refractivity contribution in [3.05, 3.63) is 71.8 Å². The van der Waals surface area contributed by atoms with Crippen molar-refractivity contribution in [3.8, 4) is 5.75 Å². The number of benzene rings is 3. The van der Waals surface area contributed by atoms with Crippen LogP contribution in [-0.4, -0.2) is 45.6 Å². The maximum absolute atomic E-state index is 14.2. The molecule has 3 amide bonds. The van der Waals surface area contributed by atoms with Gasteiger partial charge in [0.1, 0.15) is 23.4 Å². The van der Waals surface area contributed by atoms with Crippen molar-refractivity contribution >= 4 is 34.4 Å². The second-order valence-corrected chi connectivity index (χ2v) is 12.2. The van der Waals surface area contributed by atoms with Crippen molar-refractivity contribution in [2.75, 3.05) is 5.32 Å². The Balaban J connectivity index is 2.04. The molecule has 0 fully saturated rings. The summed E-state index contributed by atoms with van der Waals surface area (Å²) in [4.78, 5) is 42.6. The van der Waals surface area contributed by atoms with Gasteiger partial charge in [-0.2, -0.15) is 0 Å². The first-order chi connectivity index (χ1) is 19.2. The quantitative estimate of drug-likeness (QED) is 0.269. The number of alkyl carbamates (subject to hydrolysis) is 1. The van der Waals surface area contributed by atoms with Crippen molar-refractivity contribution in [2.24, 2.45) is 5.92 Å². The number of nitrogens with one attached hydrogen (secondary N) is 2. The molecule has 8 nitrogen and oxygen atoms in total. The lowest BCUT2D eigenvalue weighted by Crippen LogP contribution is -2.54. The molecule has 0 aliphatic heterocycles. The SMILES string of the molecule is Cc1cc(C(C(=O)Nc2ccc3ccccc3c2)N(C(=O)C(CC(C)C)NC(=O)OC(C)(C)C)C(C)C)ccc1O. The number of hydrogen-bond acceptors (Lipinski definition) is 5. The topological polar surface area (TPSA) is 108 Å². The van der Waals surface area contributed by atoms with Crippen LogP contribution in [0.1, 0.15) is 72.1 Å². The molecule has 2 atom stereocenters. The average Bonchev–Trinajstić information content (AvgIpc) is 2.86. The first-order valence-electron chi connectivity index (χ1n) is 14.1. The fourth-order valence-corrected chi connectivity index (χ4v) is 4.77. The molecule has 0 spiro atoms. The van der Waals surface area contributed by atoms with Crippen molar-refractivity contribution in [3.63, 3.8) is 0 Å². The third kappa shape index (κ3) is 8.46. The lowest BCUT2D eigenvalue weighted by atomic mass is 9.96. The Hall–Kier alpha value is -4.07. The minimum absolute atomic E-state index is 0.0775. The Bertz CT molecular complexity index is 1390. The molecule has 3 aromatic carbocycles. The number of ether oxygens (including phenoxy) is 1. The Kier molecular flexibility index (Phi) is 10.0. The maximum Gasteiger partial charge on any atom is 0.408 e. The molecule has 3 rings (SSSR count). The Morgan fingerprint density at radius 3 is 2.17 bits per heavy atom. The van der Waals surface area contributed by atoms with Crippen LogP contribution in [0.2, 0.25) is 0 Å². The van der Waals surface area contributed by atoms with E-state index in [1.807, 2.05) is 70.2 Å². The highest BCUT2D eigenvalue weighted by Crippen LogP contribution is 2.31. The Morgan fingerprint density at radius 2 is 1.59 bits per heavy atom. The monoisotopic (exact) mass is 561 g/mol. The Morgan fingerprint density at radius 1 is 0.927 bits per heavy atom. The molecule has 0 bridgehead atoms. The van der Waals surface area contributed by atoms with E-state index in [2.05, 4.69) is 10.6 Å². The third-order valence-electron chi connectivity index (χ3n) is 6.59. The van der Waals surface area contributed by atoms with Gasteiger partial charge in [0.2, 0.25) is 5.91 Å². The van der Waals surface area contributed by atoms with Gasteiger partial charge in [0.05, 0.1) is 0 Å². The molecule has 3 N–H and O–H groups in total. The van der Waals surface area contributed by atoms with E-state index in [0.717, 1.165) is 10.8 Å². The fourth-order valence-electron chi connectivity index (χ4n) is 4.77. The van der Waals surface area contributed by atoms with Gasteiger partial charge in [0, 0.05) is 11.7 Å². The van der Waals surface area contributed by atoms with Crippen LogP contribution in [0.25, 0.3) is 10.8 Å². The third-order valence-corrected chi connectivity index (χ3v) is 6.59. The van der Waals surface area contributed by atoms with Crippen LogP contribution in [0.5, 0.6) is 5.75 Å². The number of nitrogens with zero attached hydrogens (tertiary/aromatic N) is 1. The van der Waals surface area contributed by atoms with Crippen molar-refractivity contribution < 1.29 is 24.2 Å². The van der Waals surface area contributed by atoms with Crippen LogP contribution in [0.15, 0.2) is 60.7 Å². The normalized spacial score (nSPS) is 13.1. The van der Waals surface area contributed by atoms with Crippen LogP contribution in [0.4, 0.5) is 10.5 Å². The van der Waals surface area contributed by atoms with Gasteiger partial charge in [-0.15, -0.1) is 0 Å². The van der Waals surface area contributed by atoms with Crippen LogP contribution >= 0.6 is 0 Å². The predicted octanol–water partition coefficient (Wildman–Crippen LogP) is 6.71. The molecule has 0 radical (unpaired) electrons. The first kappa shape index (κ1) is 31.5. The van der Waals surface area contributed by atoms with Crippen molar-refractivity contribution in [1.29, 1.82) is 0 Å². The summed E-state index contributed by atoms with van der Waals surface area (Å²) in [7, 11) is 0. The highest BCUT2D eigenvalue weighted by molar-refractivity contribution is 6.00. The first-order valence-corrected chi connectivity index (χ1v) is 14.1. The summed E-state index contributed by atoms with van der Waals surface area (Å²) in [5.74, 6) is -0.639. The summed E-state index contributed by atoms with van der Waals surface area (Å²) in [6, 6.07) is 16.0. The summed E-state index contributed by atoms with van der Waals surface area (Å²) < 4.78 is 5.45. The molecule has 2 unspecified atom stereocenters. The molecule has 0 aliphatic carbocycles. The molecular weight excluding hydrogens is 518 g/mol. The van der Waals surface area contributed by atoms with E-state index in [0.29, 0.717) is 23.2 Å². The van der Waals surface area contributed by atoms with E-state index in [-0.39, 0.29) is 11.7 Å². The van der Waals surface area contributed by atoms with E-state index >= 15 is 0 Å². The van der Waals surface area contributed by atoms with E-state index in [9.17, 15) is 19.5 Å². The number of aromatic hydroxyl groups is 1. The number of aryl methyl sites for hydroxylation is 1. The second kappa shape index (κ2) is 13.1. The molecule has 0 saturated carbocycles. The van der Waals surface area contributed by atoms with Crippen molar-refractivity contribution in [1.82, 2.24) is 10.2 Å². The highest BCUT2D eigenvalue weighted by Gasteiger charge is 2.38. The second-order valence-electron chi connectivity index (χ2n) is 12.2. The van der Waals surface area contributed by atoms with Gasteiger partial charge in [-0.05, 0) is 100 Å². The maximum atomic E-state index is 14.2. The summed E-state index contributed by atoms with van der Waals surface area (Å²) >= 11 is 0. The van der Waals surface area contributed by atoms with Crippen LogP contribution in [0.3, 0.4) is 0 Å². The largest absolute Gasteiger partial charge is 0.508 e. The molecule has 8 heteroatoms. The number of hydrogen-bond donors (Lipinski definition) is 3. The van der Waals surface area contributed by atoms with Gasteiger partial charge in [0.15, 0.2) is 0 Å². The zero-order valence-electron chi connectivity index (χ0n) is 25.3. The molecule has 0 aromatic heterocycles. The van der Waals surface area contributed by atoms with Crippen molar-refractivity contribution in [2.45, 2.75) is 85.5 Å². The number of rotatable bonds is 9. The number of phenols is 1. The fraction of sp³-hybridized carbons (Fsp3) is 0.424. The van der Waals surface area contributed by atoms with Gasteiger partial charge in [-0.3, -0.25) is 9.59 Å². The number of amides is 3. The van der Waals surface area contributed by atoms with E-state index in [4.69, 9.17) is 4.74 Å². The molecule has 41 heavy (non-hydrogen) atoms. The molecule has 3 aromatic rings. The van der Waals surface area contributed by atoms with Gasteiger partial charge in [-0.25, -0.2) is 4.79 Å². The van der Waals surface area contributed by atoms with Crippen LogP contribution in [0, 0.1) is 12.8 Å². The summed E-state index contributed by atoms with van der Waals surface area (Å²) in [5, 5.41) is 18.0. The average molecular weight is 562 g/mol. The summed E-state index contributed by atoms with van der Waals surface area (Å²) in [6.07, 6.45) is -0.340. The number of fused-ring (bicyclic) bond motifs is 1. The zero-order valence-corrected chi connectivity index (χ0v) is 25.3. The predicted molar refractivity (Wildman–Crippen MR) is 163 cm³/mol. The molecule has 0 aliphatic rings. The molecule has 0 saturated heterocycles. The summed E-state index contributed by atoms with van der Waals surface area (Å²) in [5.41, 5.74) is 0.976. The van der Waals surface area contributed by atoms with Gasteiger partial charge in [-0.1, -0.05) is 50.2 Å². The number of carbonyl (C=O) groups excluding carboxylic acids is 3. The number of phenolic OH excluding ortho intramolecular Hbond substituents is 1. The van der Waals surface area contributed by atoms with Crippen LogP contribution in [-0.2, 0) is 14.3 Å². The minimum atomic E-state index is -1.04. The number of anilines is 1. The lowest BCUT2D eigenvalue weighted by Gasteiger charge is -2.37. The molecular formula is C33H43N3O5. The molecule has 0 heterocycles. The smallest absolute Gasteiger partial charge is 0.408 e. The Labute approximate surface area is 243 Å². The standard InChI is InChI=1S/C33H43N3O5/c1-20(2)17-27(35-32(40)41-33(6,7)8)31(39)36(21(3)4)29(25-14-16-28(37)22(5)18-25)30(38)34-26-15-13-23-11-9-10-12-24(23)19-26/h9-16,18-21,27,29,37H,17H2,1-8H3,(H,34,38)(H,35,40). The molecule has 220 valence electrons. The highest BCUT2D eigenvalue weighted by atomic mass is 16.6. The lowest BCUT2D eigenvalue weighted by molar-refractivity contribution is -0.143. The van der Waals surface area contributed by atoms with E-state index in [1.165, 1.54) is 11.0 Å². The van der Waals surface area contributed by atoms with Crippen LogP contribution < -0.4 is 10.6 Å². The van der Waals surface area contributed by atoms with Gasteiger partial charge in [0.25, 0.3) is 5.91 Å². The van der Waals surface area contributed by atoms with E-state index in [1.54, 1.807) is 39.8 Å². The van der Waals surface area contributed by atoms with Gasteiger partial charge >= 0.3 is 6.09 Å². The van der Waals surface area contributed by atoms with E-state index < -0.39 is 41.6 Å². The van der Waals surface area contributed by atoms with Gasteiger partial charge < -0.3 is 25.4 Å². The summed E-state index contributed by atoms with van der Waals surface area (Å²) in [6.45, 7) is 14.6.